The Kier molecular flexibility index (Phi) is 3.77. The Morgan fingerprint density at radius 3 is 2.67 bits per heavy atom. The Morgan fingerprint density at radius 2 is 2.10 bits per heavy atom. The standard InChI is InChI=1S/C15H21N5O/c1-12(20-8-3-7-16-20)15(21)19-10-4-13(5-11-19)14-6-9-18(2)17-14/h3,6-9,12-13H,4-5,10-11H2,1-2H3/t12-/m1/s1. The Morgan fingerprint density at radius 1 is 1.33 bits per heavy atom. The van der Waals surface area contributed by atoms with Gasteiger partial charge in [-0.1, -0.05) is 0 Å². The van der Waals surface area contributed by atoms with Crippen molar-refractivity contribution in [1.82, 2.24) is 24.5 Å². The molecule has 3 rings (SSSR count). The molecular formula is C15H21N5O. The first-order valence-electron chi connectivity index (χ1n) is 7.42. The molecule has 0 radical (unpaired) electrons. The maximum Gasteiger partial charge on any atom is 0.247 e. The summed E-state index contributed by atoms with van der Waals surface area (Å²) in [7, 11) is 1.94. The minimum Gasteiger partial charge on any atom is -0.341 e. The second kappa shape index (κ2) is 5.71. The highest BCUT2D eigenvalue weighted by Crippen LogP contribution is 2.27. The van der Waals surface area contributed by atoms with Crippen LogP contribution in [0.2, 0.25) is 0 Å². The van der Waals surface area contributed by atoms with E-state index >= 15 is 0 Å². The number of nitrogens with zero attached hydrogens (tertiary/aromatic N) is 5. The van der Waals surface area contributed by atoms with Gasteiger partial charge < -0.3 is 4.90 Å². The second-order valence-corrected chi connectivity index (χ2v) is 5.68. The van der Waals surface area contributed by atoms with Gasteiger partial charge in [0.15, 0.2) is 0 Å². The summed E-state index contributed by atoms with van der Waals surface area (Å²) in [6.45, 7) is 3.50. The molecule has 1 aliphatic heterocycles. The van der Waals surface area contributed by atoms with Gasteiger partial charge in [-0.15, -0.1) is 0 Å². The average Bonchev–Trinajstić information content (AvgIpc) is 3.17. The molecule has 2 aromatic heterocycles. The van der Waals surface area contributed by atoms with Gasteiger partial charge in [-0.2, -0.15) is 10.2 Å². The van der Waals surface area contributed by atoms with Crippen LogP contribution in [0, 0.1) is 0 Å². The largest absolute Gasteiger partial charge is 0.341 e. The van der Waals surface area contributed by atoms with Crippen LogP contribution in [0.3, 0.4) is 0 Å². The van der Waals surface area contributed by atoms with E-state index in [4.69, 9.17) is 0 Å². The van der Waals surface area contributed by atoms with Crippen LogP contribution in [0.5, 0.6) is 0 Å². The van der Waals surface area contributed by atoms with Gasteiger partial charge in [0.2, 0.25) is 5.91 Å². The van der Waals surface area contributed by atoms with Crippen LogP contribution < -0.4 is 0 Å². The molecular weight excluding hydrogens is 266 g/mol. The molecule has 0 N–H and O–H groups in total. The summed E-state index contributed by atoms with van der Waals surface area (Å²) in [5, 5.41) is 8.63. The van der Waals surface area contributed by atoms with Crippen molar-refractivity contribution in [1.29, 1.82) is 0 Å². The number of likely N-dealkylation sites (tertiary alicyclic amines) is 1. The van der Waals surface area contributed by atoms with E-state index < -0.39 is 0 Å². The third kappa shape index (κ3) is 2.84. The van der Waals surface area contributed by atoms with E-state index in [9.17, 15) is 4.79 Å². The van der Waals surface area contributed by atoms with Crippen LogP contribution >= 0.6 is 0 Å². The topological polar surface area (TPSA) is 56.0 Å². The normalized spacial score (nSPS) is 17.9. The Hall–Kier alpha value is -2.11. The van der Waals surface area contributed by atoms with E-state index in [1.54, 1.807) is 10.9 Å². The molecule has 6 heteroatoms. The lowest BCUT2D eigenvalue weighted by molar-refractivity contribution is -0.135. The zero-order valence-electron chi connectivity index (χ0n) is 12.5. The molecule has 1 saturated heterocycles. The average molecular weight is 287 g/mol. The van der Waals surface area contributed by atoms with Crippen LogP contribution in [0.25, 0.3) is 0 Å². The Labute approximate surface area is 124 Å². The number of rotatable bonds is 3. The van der Waals surface area contributed by atoms with Crippen LogP contribution in [-0.2, 0) is 11.8 Å². The molecule has 6 nitrogen and oxygen atoms in total. The van der Waals surface area contributed by atoms with Crippen molar-refractivity contribution in [3.63, 3.8) is 0 Å². The van der Waals surface area contributed by atoms with E-state index in [1.807, 2.05) is 42.0 Å². The van der Waals surface area contributed by atoms with Crippen LogP contribution in [0.1, 0.15) is 37.4 Å². The number of aromatic nitrogens is 4. The fourth-order valence-corrected chi connectivity index (χ4v) is 2.93. The van der Waals surface area contributed by atoms with Crippen molar-refractivity contribution in [2.24, 2.45) is 7.05 Å². The van der Waals surface area contributed by atoms with Gasteiger partial charge in [0.1, 0.15) is 6.04 Å². The van der Waals surface area contributed by atoms with Gasteiger partial charge >= 0.3 is 0 Å². The summed E-state index contributed by atoms with van der Waals surface area (Å²) < 4.78 is 3.56. The fourth-order valence-electron chi connectivity index (χ4n) is 2.93. The number of hydrogen-bond acceptors (Lipinski definition) is 3. The van der Waals surface area contributed by atoms with Crippen molar-refractivity contribution in [3.05, 3.63) is 36.4 Å². The third-order valence-electron chi connectivity index (χ3n) is 4.24. The van der Waals surface area contributed by atoms with E-state index in [-0.39, 0.29) is 11.9 Å². The first-order valence-corrected chi connectivity index (χ1v) is 7.42. The van der Waals surface area contributed by atoms with Crippen molar-refractivity contribution in [2.45, 2.75) is 31.7 Å². The zero-order valence-corrected chi connectivity index (χ0v) is 12.5. The molecule has 112 valence electrons. The monoisotopic (exact) mass is 287 g/mol. The lowest BCUT2D eigenvalue weighted by Crippen LogP contribution is -2.41. The first-order chi connectivity index (χ1) is 10.1. The number of aryl methyl sites for hydroxylation is 1. The van der Waals surface area contributed by atoms with Crippen molar-refractivity contribution in [3.8, 4) is 0 Å². The van der Waals surface area contributed by atoms with E-state index in [0.717, 1.165) is 31.6 Å². The number of carbonyl (C=O) groups excluding carboxylic acids is 1. The summed E-state index contributed by atoms with van der Waals surface area (Å²) in [5.74, 6) is 0.619. The van der Waals surface area contributed by atoms with Gasteiger partial charge in [-0.05, 0) is 31.9 Å². The van der Waals surface area contributed by atoms with Gasteiger partial charge in [0.25, 0.3) is 0 Å². The highest BCUT2D eigenvalue weighted by molar-refractivity contribution is 5.80. The van der Waals surface area contributed by atoms with E-state index in [2.05, 4.69) is 16.3 Å². The Balaban J connectivity index is 1.59. The highest BCUT2D eigenvalue weighted by atomic mass is 16.2. The molecule has 21 heavy (non-hydrogen) atoms. The summed E-state index contributed by atoms with van der Waals surface area (Å²) in [4.78, 5) is 14.4. The van der Waals surface area contributed by atoms with Gasteiger partial charge in [-0.25, -0.2) is 0 Å². The van der Waals surface area contributed by atoms with E-state index in [1.165, 1.54) is 0 Å². The predicted octanol–water partition coefficient (Wildman–Crippen LogP) is 1.58. The Bertz CT molecular complexity index is 595. The molecule has 0 aromatic carbocycles. The molecule has 0 saturated carbocycles. The molecule has 0 bridgehead atoms. The van der Waals surface area contributed by atoms with Gasteiger partial charge in [0.05, 0.1) is 5.69 Å². The SMILES string of the molecule is C[C@H](C(=O)N1CCC(c2ccn(C)n2)CC1)n1cccn1. The fraction of sp³-hybridized carbons (Fsp3) is 0.533. The summed E-state index contributed by atoms with van der Waals surface area (Å²) in [6, 6.07) is 3.69. The van der Waals surface area contributed by atoms with Crippen molar-refractivity contribution < 1.29 is 4.79 Å². The minimum atomic E-state index is -0.230. The maximum absolute atomic E-state index is 12.5. The van der Waals surface area contributed by atoms with E-state index in [0.29, 0.717) is 5.92 Å². The van der Waals surface area contributed by atoms with Crippen LogP contribution in [0.15, 0.2) is 30.7 Å². The highest BCUT2D eigenvalue weighted by Gasteiger charge is 2.28. The number of carbonyl (C=O) groups is 1. The summed E-state index contributed by atoms with van der Waals surface area (Å²) >= 11 is 0. The van der Waals surface area contributed by atoms with Crippen LogP contribution in [0.4, 0.5) is 0 Å². The zero-order chi connectivity index (χ0) is 14.8. The molecule has 1 fully saturated rings. The summed E-state index contributed by atoms with van der Waals surface area (Å²) in [6.07, 6.45) is 7.48. The molecule has 1 amide bonds. The molecule has 0 aliphatic carbocycles. The molecule has 0 spiro atoms. The lowest BCUT2D eigenvalue weighted by Gasteiger charge is -2.33. The smallest absolute Gasteiger partial charge is 0.247 e. The molecule has 3 heterocycles. The van der Waals surface area contributed by atoms with Crippen molar-refractivity contribution >= 4 is 5.91 Å². The number of amides is 1. The van der Waals surface area contributed by atoms with Crippen LogP contribution in [-0.4, -0.2) is 43.5 Å². The van der Waals surface area contributed by atoms with Gasteiger partial charge in [0, 0.05) is 44.6 Å². The summed E-state index contributed by atoms with van der Waals surface area (Å²) in [5.41, 5.74) is 1.14. The predicted molar refractivity (Wildman–Crippen MR) is 78.7 cm³/mol. The lowest BCUT2D eigenvalue weighted by atomic mass is 9.93. The molecule has 2 aromatic rings. The number of hydrogen-bond donors (Lipinski definition) is 0. The molecule has 1 atom stereocenters. The van der Waals surface area contributed by atoms with Gasteiger partial charge in [-0.3, -0.25) is 14.2 Å². The third-order valence-corrected chi connectivity index (χ3v) is 4.24. The quantitative estimate of drug-likeness (QED) is 0.861. The maximum atomic E-state index is 12.5. The minimum absolute atomic E-state index is 0.151. The first kappa shape index (κ1) is 13.9. The molecule has 0 unspecified atom stereocenters. The van der Waals surface area contributed by atoms with Crippen molar-refractivity contribution in [2.75, 3.05) is 13.1 Å². The molecule has 1 aliphatic rings. The number of piperidine rings is 1. The second-order valence-electron chi connectivity index (χ2n) is 5.68.